The molecule has 1 aromatic rings. The Morgan fingerprint density at radius 1 is 1.39 bits per heavy atom. The fourth-order valence-corrected chi connectivity index (χ4v) is 4.05. The number of aromatic carboxylic acids is 1. The predicted molar refractivity (Wildman–Crippen MR) is 69.5 cm³/mol. The molecule has 0 atom stereocenters. The van der Waals surface area contributed by atoms with Gasteiger partial charge in [-0.3, -0.25) is 4.72 Å². The van der Waals surface area contributed by atoms with E-state index in [0.29, 0.717) is 6.42 Å². The van der Waals surface area contributed by atoms with Crippen molar-refractivity contribution in [2.24, 2.45) is 0 Å². The molecule has 1 aliphatic rings. The van der Waals surface area contributed by atoms with Crippen LogP contribution in [-0.4, -0.2) is 37.9 Å². The Bertz CT molecular complexity index is 589. The van der Waals surface area contributed by atoms with Gasteiger partial charge in [0.2, 0.25) is 0 Å². The SMILES string of the molecule is CN(C)S(=O)(=O)Nc1sc2c(c1C(=O)O)CCC2. The average Bonchev–Trinajstić information content (AvgIpc) is 2.75. The zero-order valence-corrected chi connectivity index (χ0v) is 11.7. The number of thiophene rings is 1. The molecule has 0 saturated carbocycles. The van der Waals surface area contributed by atoms with Gasteiger partial charge in [-0.05, 0) is 24.8 Å². The molecule has 0 amide bonds. The van der Waals surface area contributed by atoms with Gasteiger partial charge in [-0.2, -0.15) is 12.7 Å². The van der Waals surface area contributed by atoms with Crippen molar-refractivity contribution < 1.29 is 18.3 Å². The number of hydrogen-bond donors (Lipinski definition) is 2. The lowest BCUT2D eigenvalue weighted by molar-refractivity contribution is 0.0697. The van der Waals surface area contributed by atoms with E-state index in [2.05, 4.69) is 4.72 Å². The Balaban J connectivity index is 2.44. The van der Waals surface area contributed by atoms with Crippen LogP contribution in [0.1, 0.15) is 27.2 Å². The second-order valence-electron chi connectivity index (χ2n) is 4.26. The monoisotopic (exact) mass is 290 g/mol. The van der Waals surface area contributed by atoms with Gasteiger partial charge in [-0.15, -0.1) is 11.3 Å². The van der Waals surface area contributed by atoms with E-state index in [1.807, 2.05) is 0 Å². The molecule has 0 fully saturated rings. The van der Waals surface area contributed by atoms with E-state index in [9.17, 15) is 18.3 Å². The molecule has 1 aromatic heterocycles. The minimum absolute atomic E-state index is 0.109. The number of hydrogen-bond acceptors (Lipinski definition) is 4. The van der Waals surface area contributed by atoms with E-state index in [1.54, 1.807) is 0 Å². The van der Waals surface area contributed by atoms with Crippen molar-refractivity contribution in [3.05, 3.63) is 16.0 Å². The summed E-state index contributed by atoms with van der Waals surface area (Å²) in [4.78, 5) is 12.2. The summed E-state index contributed by atoms with van der Waals surface area (Å²) in [7, 11) is -0.879. The number of fused-ring (bicyclic) bond motifs is 1. The lowest BCUT2D eigenvalue weighted by atomic mass is 10.1. The maximum absolute atomic E-state index is 11.7. The Hall–Kier alpha value is -1.12. The van der Waals surface area contributed by atoms with Gasteiger partial charge in [0.15, 0.2) is 0 Å². The van der Waals surface area contributed by atoms with E-state index in [4.69, 9.17) is 0 Å². The molecule has 2 N–H and O–H groups in total. The van der Waals surface area contributed by atoms with Gasteiger partial charge in [-0.25, -0.2) is 4.79 Å². The zero-order valence-electron chi connectivity index (χ0n) is 10.1. The van der Waals surface area contributed by atoms with Crippen molar-refractivity contribution in [2.75, 3.05) is 18.8 Å². The molecule has 0 saturated heterocycles. The molecule has 0 aromatic carbocycles. The van der Waals surface area contributed by atoms with Gasteiger partial charge in [0.05, 0.1) is 5.56 Å². The quantitative estimate of drug-likeness (QED) is 0.871. The molecule has 1 aliphatic carbocycles. The van der Waals surface area contributed by atoms with Crippen LogP contribution in [0, 0.1) is 0 Å². The number of carboxylic acids is 1. The maximum Gasteiger partial charge on any atom is 0.339 e. The molecule has 0 bridgehead atoms. The number of carboxylic acid groups (broad SMARTS) is 1. The normalized spacial score (nSPS) is 14.8. The molecule has 0 spiro atoms. The maximum atomic E-state index is 11.7. The fraction of sp³-hybridized carbons (Fsp3) is 0.500. The third-order valence-corrected chi connectivity index (χ3v) is 5.60. The first kappa shape index (κ1) is 13.3. The molecule has 8 heteroatoms. The molecule has 100 valence electrons. The van der Waals surface area contributed by atoms with Crippen LogP contribution in [-0.2, 0) is 23.1 Å². The standard InChI is InChI=1S/C10H14N2O4S2/c1-12(2)18(15,16)11-9-8(10(13)14)6-4-3-5-7(6)17-9/h11H,3-5H2,1-2H3,(H,13,14). The van der Waals surface area contributed by atoms with Gasteiger partial charge in [0.25, 0.3) is 0 Å². The number of anilines is 1. The first-order valence-electron chi connectivity index (χ1n) is 5.41. The summed E-state index contributed by atoms with van der Waals surface area (Å²) in [6.07, 6.45) is 2.46. The van der Waals surface area contributed by atoms with Crippen molar-refractivity contribution in [3.63, 3.8) is 0 Å². The fourth-order valence-electron chi connectivity index (χ4n) is 1.91. The highest BCUT2D eigenvalue weighted by molar-refractivity contribution is 7.90. The van der Waals surface area contributed by atoms with E-state index in [-0.39, 0.29) is 10.6 Å². The minimum Gasteiger partial charge on any atom is -0.478 e. The van der Waals surface area contributed by atoms with Crippen LogP contribution in [0.15, 0.2) is 0 Å². The molecule has 2 rings (SSSR count). The van der Waals surface area contributed by atoms with E-state index >= 15 is 0 Å². The van der Waals surface area contributed by atoms with E-state index in [1.165, 1.54) is 25.4 Å². The summed E-state index contributed by atoms with van der Waals surface area (Å²) in [5.41, 5.74) is 0.891. The topological polar surface area (TPSA) is 86.7 Å². The third kappa shape index (κ3) is 2.23. The molecule has 0 radical (unpaired) electrons. The molecule has 1 heterocycles. The Morgan fingerprint density at radius 2 is 2.06 bits per heavy atom. The van der Waals surface area contributed by atoms with Gasteiger partial charge in [0, 0.05) is 19.0 Å². The summed E-state index contributed by atoms with van der Waals surface area (Å²) in [5, 5.41) is 9.42. The minimum atomic E-state index is -3.66. The first-order valence-corrected chi connectivity index (χ1v) is 7.66. The molecule has 6 nitrogen and oxygen atoms in total. The van der Waals surface area contributed by atoms with Crippen molar-refractivity contribution in [2.45, 2.75) is 19.3 Å². The van der Waals surface area contributed by atoms with Crippen molar-refractivity contribution in [1.29, 1.82) is 0 Å². The van der Waals surface area contributed by atoms with Crippen LogP contribution < -0.4 is 4.72 Å². The van der Waals surface area contributed by atoms with Crippen molar-refractivity contribution in [3.8, 4) is 0 Å². The largest absolute Gasteiger partial charge is 0.478 e. The van der Waals surface area contributed by atoms with Crippen molar-refractivity contribution >= 4 is 32.5 Å². The van der Waals surface area contributed by atoms with Gasteiger partial charge < -0.3 is 5.11 Å². The summed E-state index contributed by atoms with van der Waals surface area (Å²) in [6, 6.07) is 0. The Morgan fingerprint density at radius 3 is 2.61 bits per heavy atom. The van der Waals surface area contributed by atoms with Crippen LogP contribution in [0.4, 0.5) is 5.00 Å². The lowest BCUT2D eigenvalue weighted by Crippen LogP contribution is -2.29. The molecular formula is C10H14N2O4S2. The van der Waals surface area contributed by atoms with Gasteiger partial charge >= 0.3 is 16.2 Å². The number of aryl methyl sites for hydroxylation is 1. The molecule has 0 unspecified atom stereocenters. The highest BCUT2D eigenvalue weighted by atomic mass is 32.2. The number of rotatable bonds is 4. The number of nitrogens with one attached hydrogen (secondary N) is 1. The second kappa shape index (κ2) is 4.52. The van der Waals surface area contributed by atoms with Crippen LogP contribution in [0.2, 0.25) is 0 Å². The third-order valence-electron chi connectivity index (χ3n) is 2.84. The van der Waals surface area contributed by atoms with Crippen LogP contribution in [0.25, 0.3) is 0 Å². The average molecular weight is 290 g/mol. The number of carbonyl (C=O) groups is 1. The van der Waals surface area contributed by atoms with Crippen LogP contribution in [0.3, 0.4) is 0 Å². The van der Waals surface area contributed by atoms with Gasteiger partial charge in [-0.1, -0.05) is 0 Å². The highest BCUT2D eigenvalue weighted by Crippen LogP contribution is 2.39. The summed E-state index contributed by atoms with van der Waals surface area (Å²) in [5.74, 6) is -1.08. The molecule has 18 heavy (non-hydrogen) atoms. The van der Waals surface area contributed by atoms with Crippen LogP contribution >= 0.6 is 11.3 Å². The van der Waals surface area contributed by atoms with Crippen LogP contribution in [0.5, 0.6) is 0 Å². The lowest BCUT2D eigenvalue weighted by Gasteiger charge is -2.12. The zero-order chi connectivity index (χ0) is 13.5. The molecular weight excluding hydrogens is 276 g/mol. The van der Waals surface area contributed by atoms with Gasteiger partial charge in [0.1, 0.15) is 5.00 Å². The Kier molecular flexibility index (Phi) is 3.35. The Labute approximate surface area is 109 Å². The van der Waals surface area contributed by atoms with E-state index in [0.717, 1.165) is 27.6 Å². The second-order valence-corrected chi connectivity index (χ2v) is 7.25. The summed E-state index contributed by atoms with van der Waals surface area (Å²) in [6.45, 7) is 0. The predicted octanol–water partition coefficient (Wildman–Crippen LogP) is 1.15. The summed E-state index contributed by atoms with van der Waals surface area (Å²) >= 11 is 1.22. The summed E-state index contributed by atoms with van der Waals surface area (Å²) < 4.78 is 26.8. The van der Waals surface area contributed by atoms with Crippen molar-refractivity contribution in [1.82, 2.24) is 4.31 Å². The highest BCUT2D eigenvalue weighted by Gasteiger charge is 2.28. The first-order chi connectivity index (χ1) is 8.33. The van der Waals surface area contributed by atoms with E-state index < -0.39 is 16.2 Å². The smallest absolute Gasteiger partial charge is 0.339 e. The molecule has 0 aliphatic heterocycles. The number of nitrogens with zero attached hydrogens (tertiary/aromatic N) is 1.